The van der Waals surface area contributed by atoms with Gasteiger partial charge in [0.15, 0.2) is 15.7 Å². The molecule has 3 aromatic rings. The molecule has 0 bridgehead atoms. The smallest absolute Gasteiger partial charge is 0.257 e. The van der Waals surface area contributed by atoms with Gasteiger partial charge in [0, 0.05) is 28.0 Å². The Labute approximate surface area is 132 Å². The highest BCUT2D eigenvalue weighted by Gasteiger charge is 2.12. The number of benzene rings is 1. The van der Waals surface area contributed by atoms with Crippen LogP contribution in [-0.2, 0) is 16.3 Å². The Morgan fingerprint density at radius 3 is 2.45 bits per heavy atom. The maximum Gasteiger partial charge on any atom is 0.257 e. The summed E-state index contributed by atoms with van der Waals surface area (Å²) in [6.07, 6.45) is 1.80. The maximum atomic E-state index is 11.4. The molecule has 2 aromatic heterocycles. The highest BCUT2D eigenvalue weighted by Crippen LogP contribution is 2.22. The number of thiophene rings is 1. The average Bonchev–Trinajstić information content (AvgIpc) is 3.08. The lowest BCUT2D eigenvalue weighted by Crippen LogP contribution is -1.96. The minimum Gasteiger partial charge on any atom is -0.334 e. The van der Waals surface area contributed by atoms with Crippen molar-refractivity contribution in [3.05, 3.63) is 52.0 Å². The number of aryl methyl sites for hydroxylation is 1. The first kappa shape index (κ1) is 14.9. The van der Waals surface area contributed by atoms with Crippen molar-refractivity contribution in [3.8, 4) is 11.5 Å². The molecule has 22 heavy (non-hydrogen) atoms. The van der Waals surface area contributed by atoms with Gasteiger partial charge in [0.1, 0.15) is 0 Å². The summed E-state index contributed by atoms with van der Waals surface area (Å²) >= 11 is 1.70. The van der Waals surface area contributed by atoms with Crippen LogP contribution in [0.25, 0.3) is 11.5 Å². The van der Waals surface area contributed by atoms with Crippen molar-refractivity contribution in [2.75, 3.05) is 6.26 Å². The van der Waals surface area contributed by atoms with Gasteiger partial charge in [-0.2, -0.15) is 4.98 Å². The molecule has 0 saturated heterocycles. The van der Waals surface area contributed by atoms with Crippen LogP contribution in [0.3, 0.4) is 0 Å². The predicted octanol–water partition coefficient (Wildman–Crippen LogP) is 3.10. The van der Waals surface area contributed by atoms with Crippen molar-refractivity contribution in [2.24, 2.45) is 0 Å². The number of rotatable bonds is 4. The van der Waals surface area contributed by atoms with Gasteiger partial charge < -0.3 is 4.52 Å². The minimum absolute atomic E-state index is 0.269. The molecule has 0 fully saturated rings. The van der Waals surface area contributed by atoms with E-state index in [4.69, 9.17) is 4.52 Å². The molecule has 0 atom stereocenters. The summed E-state index contributed by atoms with van der Waals surface area (Å²) < 4.78 is 28.1. The quantitative estimate of drug-likeness (QED) is 0.733. The van der Waals surface area contributed by atoms with E-state index in [1.807, 2.05) is 0 Å². The summed E-state index contributed by atoms with van der Waals surface area (Å²) in [7, 11) is -3.20. The van der Waals surface area contributed by atoms with Gasteiger partial charge >= 0.3 is 0 Å². The topological polar surface area (TPSA) is 73.1 Å². The third-order valence-electron chi connectivity index (χ3n) is 3.13. The second kappa shape index (κ2) is 5.66. The zero-order valence-corrected chi connectivity index (χ0v) is 13.7. The fraction of sp³-hybridized carbons (Fsp3) is 0.200. The van der Waals surface area contributed by atoms with Gasteiger partial charge in [-0.3, -0.25) is 0 Å². The number of nitrogens with zero attached hydrogens (tertiary/aromatic N) is 2. The molecule has 0 radical (unpaired) electrons. The summed E-state index contributed by atoms with van der Waals surface area (Å²) in [5, 5.41) is 3.97. The van der Waals surface area contributed by atoms with Crippen molar-refractivity contribution < 1.29 is 12.9 Å². The van der Waals surface area contributed by atoms with Crippen LogP contribution in [0.4, 0.5) is 0 Å². The molecule has 3 rings (SSSR count). The van der Waals surface area contributed by atoms with Crippen molar-refractivity contribution in [1.82, 2.24) is 10.1 Å². The highest BCUT2D eigenvalue weighted by molar-refractivity contribution is 7.90. The van der Waals surface area contributed by atoms with Crippen LogP contribution in [0.2, 0.25) is 0 Å². The van der Waals surface area contributed by atoms with Gasteiger partial charge in [-0.15, -0.1) is 11.3 Å². The lowest BCUT2D eigenvalue weighted by atomic mass is 10.2. The van der Waals surface area contributed by atoms with E-state index in [1.165, 1.54) is 28.1 Å². The van der Waals surface area contributed by atoms with Crippen molar-refractivity contribution >= 4 is 21.2 Å². The molecule has 0 N–H and O–H groups in total. The Morgan fingerprint density at radius 1 is 1.14 bits per heavy atom. The van der Waals surface area contributed by atoms with E-state index < -0.39 is 9.84 Å². The molecular weight excluding hydrogens is 320 g/mol. The average molecular weight is 334 g/mol. The molecule has 2 heterocycles. The Bertz CT molecular complexity index is 893. The zero-order valence-electron chi connectivity index (χ0n) is 12.1. The Morgan fingerprint density at radius 2 is 1.86 bits per heavy atom. The molecular formula is C15H14N2O3S2. The van der Waals surface area contributed by atoms with Crippen LogP contribution in [0, 0.1) is 6.92 Å². The summed E-state index contributed by atoms with van der Waals surface area (Å²) in [6.45, 7) is 2.05. The van der Waals surface area contributed by atoms with Crippen LogP contribution in [0.15, 0.2) is 45.8 Å². The molecule has 0 aliphatic heterocycles. The molecule has 0 saturated carbocycles. The van der Waals surface area contributed by atoms with Gasteiger partial charge in [0.05, 0.1) is 4.90 Å². The number of hydrogen-bond acceptors (Lipinski definition) is 6. The van der Waals surface area contributed by atoms with Gasteiger partial charge in [0.2, 0.25) is 0 Å². The fourth-order valence-electron chi connectivity index (χ4n) is 2.02. The minimum atomic E-state index is -3.20. The second-order valence-corrected chi connectivity index (χ2v) is 8.39. The first-order valence-corrected chi connectivity index (χ1v) is 9.31. The molecule has 0 aliphatic rings. The number of sulfone groups is 1. The van der Waals surface area contributed by atoms with Crippen LogP contribution >= 0.6 is 11.3 Å². The van der Waals surface area contributed by atoms with E-state index in [1.54, 1.807) is 23.5 Å². The van der Waals surface area contributed by atoms with Crippen LogP contribution in [0.5, 0.6) is 0 Å². The lowest BCUT2D eigenvalue weighted by Gasteiger charge is -1.98. The zero-order chi connectivity index (χ0) is 15.7. The molecule has 0 spiro atoms. The van der Waals surface area contributed by atoms with E-state index in [0.29, 0.717) is 23.7 Å². The van der Waals surface area contributed by atoms with E-state index >= 15 is 0 Å². The van der Waals surface area contributed by atoms with E-state index in [0.717, 1.165) is 0 Å². The monoisotopic (exact) mass is 334 g/mol. The standard InChI is InChI=1S/C15H14N2O3S2/c1-10-3-6-12(21-10)9-14-16-15(20-17-14)11-4-7-13(8-5-11)22(2,18)19/h3-8H,9H2,1-2H3. The van der Waals surface area contributed by atoms with Crippen molar-refractivity contribution in [2.45, 2.75) is 18.2 Å². The number of hydrogen-bond donors (Lipinski definition) is 0. The Balaban J connectivity index is 1.81. The third-order valence-corrected chi connectivity index (χ3v) is 5.26. The van der Waals surface area contributed by atoms with Gasteiger partial charge in [0.25, 0.3) is 5.89 Å². The SMILES string of the molecule is Cc1ccc(Cc2noc(-c3ccc(S(C)(=O)=O)cc3)n2)s1. The molecule has 7 heteroatoms. The highest BCUT2D eigenvalue weighted by atomic mass is 32.2. The van der Waals surface area contributed by atoms with E-state index in [-0.39, 0.29) is 4.90 Å². The normalized spacial score (nSPS) is 11.7. The summed E-state index contributed by atoms with van der Waals surface area (Å²) in [5.41, 5.74) is 0.702. The molecule has 1 aromatic carbocycles. The van der Waals surface area contributed by atoms with E-state index in [9.17, 15) is 8.42 Å². The van der Waals surface area contributed by atoms with Gasteiger partial charge in [-0.25, -0.2) is 8.42 Å². The Hall–Kier alpha value is -1.99. The largest absolute Gasteiger partial charge is 0.334 e. The molecule has 0 unspecified atom stereocenters. The van der Waals surface area contributed by atoms with Gasteiger partial charge in [-0.1, -0.05) is 5.16 Å². The third kappa shape index (κ3) is 3.26. The van der Waals surface area contributed by atoms with Gasteiger partial charge in [-0.05, 0) is 43.3 Å². The predicted molar refractivity (Wildman–Crippen MR) is 84.7 cm³/mol. The van der Waals surface area contributed by atoms with Crippen molar-refractivity contribution in [3.63, 3.8) is 0 Å². The second-order valence-electron chi connectivity index (χ2n) is 5.00. The molecule has 0 aliphatic carbocycles. The summed E-state index contributed by atoms with van der Waals surface area (Å²) in [6, 6.07) is 10.5. The number of aromatic nitrogens is 2. The first-order valence-electron chi connectivity index (χ1n) is 6.60. The Kier molecular flexibility index (Phi) is 3.84. The molecule has 114 valence electrons. The van der Waals surface area contributed by atoms with Crippen LogP contribution in [0.1, 0.15) is 15.6 Å². The van der Waals surface area contributed by atoms with E-state index in [2.05, 4.69) is 29.2 Å². The van der Waals surface area contributed by atoms with Crippen molar-refractivity contribution in [1.29, 1.82) is 0 Å². The van der Waals surface area contributed by atoms with Crippen LogP contribution < -0.4 is 0 Å². The molecule has 0 amide bonds. The van der Waals surface area contributed by atoms with Crippen LogP contribution in [-0.4, -0.2) is 24.8 Å². The first-order chi connectivity index (χ1) is 10.4. The summed E-state index contributed by atoms with van der Waals surface area (Å²) in [5.74, 6) is 1.01. The summed E-state index contributed by atoms with van der Waals surface area (Å²) in [4.78, 5) is 7.05. The molecule has 5 nitrogen and oxygen atoms in total. The fourth-order valence-corrected chi connectivity index (χ4v) is 3.54. The maximum absolute atomic E-state index is 11.4. The lowest BCUT2D eigenvalue weighted by molar-refractivity contribution is 0.424.